The molecule has 0 saturated heterocycles. The van der Waals surface area contributed by atoms with Gasteiger partial charge in [0.1, 0.15) is 6.04 Å². The highest BCUT2D eigenvalue weighted by molar-refractivity contribution is 6.25. The second-order valence-corrected chi connectivity index (χ2v) is 6.38. The van der Waals surface area contributed by atoms with Gasteiger partial charge in [-0.1, -0.05) is 0 Å². The zero-order valence-corrected chi connectivity index (χ0v) is 16.1. The van der Waals surface area contributed by atoms with E-state index in [4.69, 9.17) is 16.0 Å². The molecule has 0 rings (SSSR count). The number of ether oxygens (including phenoxy) is 1. The molecule has 2 amide bonds. The summed E-state index contributed by atoms with van der Waals surface area (Å²) in [5.41, 5.74) is 14.2. The Kier molecular flexibility index (Phi) is 12.3. The lowest BCUT2D eigenvalue weighted by Crippen LogP contribution is -2.49. The summed E-state index contributed by atoms with van der Waals surface area (Å²) in [6.45, 7) is 5.26. The van der Waals surface area contributed by atoms with E-state index < -0.39 is 29.7 Å². The molecule has 0 aliphatic heterocycles. The lowest BCUT2D eigenvalue weighted by Gasteiger charge is -2.20. The van der Waals surface area contributed by atoms with E-state index in [1.165, 1.54) is 6.92 Å². The summed E-state index contributed by atoms with van der Waals surface area (Å²) in [6.07, 6.45) is 1.93. The van der Waals surface area contributed by atoms with Crippen LogP contribution in [0.3, 0.4) is 0 Å². The molecule has 10 heteroatoms. The molecule has 0 unspecified atom stereocenters. The van der Waals surface area contributed by atoms with E-state index in [0.29, 0.717) is 25.8 Å². The van der Waals surface area contributed by atoms with Crippen LogP contribution in [0.25, 0.3) is 5.53 Å². The van der Waals surface area contributed by atoms with Gasteiger partial charge in [0.2, 0.25) is 17.6 Å². The van der Waals surface area contributed by atoms with Gasteiger partial charge in [-0.15, -0.1) is 0 Å². The quantitative estimate of drug-likeness (QED) is 0.130. The summed E-state index contributed by atoms with van der Waals surface area (Å²) < 4.78 is 5.09. The minimum Gasteiger partial charge on any atom is -0.461 e. The maximum absolute atomic E-state index is 12.2. The number of rotatable bonds is 13. The van der Waals surface area contributed by atoms with Gasteiger partial charge in [-0.2, -0.15) is 4.79 Å². The standard InChI is InChI=1S/C17H29N5O5/c1-11(2)27-17(26)15(8-7-13(24)10-21-19)22-16(25)14(18)6-4-5-9-20-12(3)23/h10-11,14-15H,4-9,18H2,1-3H3,(H,20,23)(H,22,25)/t14-,15-/m0/s1. The molecule has 0 bridgehead atoms. The molecular formula is C17H29N5O5. The molecule has 0 aliphatic rings. The van der Waals surface area contributed by atoms with Crippen LogP contribution in [0, 0.1) is 0 Å². The molecule has 0 aromatic carbocycles. The van der Waals surface area contributed by atoms with Crippen LogP contribution in [0.5, 0.6) is 0 Å². The predicted molar refractivity (Wildman–Crippen MR) is 97.6 cm³/mol. The Labute approximate surface area is 158 Å². The maximum Gasteiger partial charge on any atom is 0.328 e. The number of amides is 2. The first-order chi connectivity index (χ1) is 12.7. The number of nitrogens with zero attached hydrogens (tertiary/aromatic N) is 2. The number of hydrogen-bond donors (Lipinski definition) is 3. The van der Waals surface area contributed by atoms with Gasteiger partial charge in [0.15, 0.2) is 0 Å². The monoisotopic (exact) mass is 383 g/mol. The van der Waals surface area contributed by atoms with Crippen LogP contribution in [0.4, 0.5) is 0 Å². The first-order valence-electron chi connectivity index (χ1n) is 8.88. The Hall–Kier alpha value is -2.58. The summed E-state index contributed by atoms with van der Waals surface area (Å²) in [4.78, 5) is 49.2. The van der Waals surface area contributed by atoms with Crippen molar-refractivity contribution < 1.29 is 28.7 Å². The Bertz CT molecular complexity index is 572. The van der Waals surface area contributed by atoms with Crippen LogP contribution >= 0.6 is 0 Å². The number of carbonyl (C=O) groups excluding carboxylic acids is 4. The maximum atomic E-state index is 12.2. The molecule has 4 N–H and O–H groups in total. The summed E-state index contributed by atoms with van der Waals surface area (Å²) >= 11 is 0. The van der Waals surface area contributed by atoms with Gasteiger partial charge in [0, 0.05) is 19.9 Å². The van der Waals surface area contributed by atoms with Crippen molar-refractivity contribution in [2.45, 2.75) is 71.1 Å². The fourth-order valence-electron chi connectivity index (χ4n) is 2.14. The number of nitrogens with one attached hydrogen (secondary N) is 2. The fraction of sp³-hybridized carbons (Fsp3) is 0.706. The first kappa shape index (κ1) is 24.4. The Morgan fingerprint density at radius 1 is 1.19 bits per heavy atom. The molecule has 0 aromatic rings. The fourth-order valence-corrected chi connectivity index (χ4v) is 2.14. The minimum atomic E-state index is -1.03. The highest BCUT2D eigenvalue weighted by Crippen LogP contribution is 2.05. The lowest BCUT2D eigenvalue weighted by molar-refractivity contribution is -0.151. The number of nitrogens with two attached hydrogens (primary N) is 1. The lowest BCUT2D eigenvalue weighted by atomic mass is 10.1. The van der Waals surface area contributed by atoms with E-state index in [2.05, 4.69) is 15.4 Å². The summed E-state index contributed by atoms with van der Waals surface area (Å²) in [5.74, 6) is -1.80. The van der Waals surface area contributed by atoms with Crippen molar-refractivity contribution in [3.8, 4) is 0 Å². The van der Waals surface area contributed by atoms with E-state index >= 15 is 0 Å². The molecule has 2 atom stereocenters. The topological polar surface area (TPSA) is 164 Å². The minimum absolute atomic E-state index is 0.00258. The average Bonchev–Trinajstić information content (AvgIpc) is 2.57. The highest BCUT2D eigenvalue weighted by atomic mass is 16.5. The van der Waals surface area contributed by atoms with Crippen molar-refractivity contribution in [2.75, 3.05) is 6.54 Å². The van der Waals surface area contributed by atoms with Crippen LogP contribution < -0.4 is 16.4 Å². The van der Waals surface area contributed by atoms with Crippen molar-refractivity contribution in [2.24, 2.45) is 5.73 Å². The SMILES string of the molecule is CC(=O)NCCCC[C@H](N)C(=O)N[C@@H](CCC(=O)C=[N+]=[N-])C(=O)OC(C)C. The van der Waals surface area contributed by atoms with Crippen LogP contribution in [0.2, 0.25) is 0 Å². The van der Waals surface area contributed by atoms with E-state index in [9.17, 15) is 19.2 Å². The van der Waals surface area contributed by atoms with Crippen molar-refractivity contribution >= 4 is 29.8 Å². The van der Waals surface area contributed by atoms with E-state index in [1.54, 1.807) is 13.8 Å². The number of esters is 1. The number of carbonyl (C=O) groups is 4. The molecule has 0 spiro atoms. The smallest absolute Gasteiger partial charge is 0.328 e. The average molecular weight is 383 g/mol. The highest BCUT2D eigenvalue weighted by Gasteiger charge is 2.26. The summed E-state index contributed by atoms with van der Waals surface area (Å²) in [7, 11) is 0. The van der Waals surface area contributed by atoms with E-state index in [0.717, 1.165) is 6.21 Å². The zero-order valence-electron chi connectivity index (χ0n) is 16.1. The van der Waals surface area contributed by atoms with E-state index in [1.807, 2.05) is 0 Å². The normalized spacial score (nSPS) is 12.5. The molecule has 0 aromatic heterocycles. The Morgan fingerprint density at radius 3 is 2.41 bits per heavy atom. The zero-order chi connectivity index (χ0) is 20.8. The van der Waals surface area contributed by atoms with Crippen LogP contribution in [-0.2, 0) is 23.9 Å². The molecule has 0 radical (unpaired) electrons. The predicted octanol–water partition coefficient (Wildman–Crippen LogP) is -0.294. The molecule has 0 fully saturated rings. The van der Waals surface area contributed by atoms with Gasteiger partial charge < -0.3 is 26.6 Å². The first-order valence-corrected chi connectivity index (χ1v) is 8.88. The Balaban J connectivity index is 4.60. The number of Topliss-reactive ketones (excluding diaryl/α,β-unsaturated/α-hetero) is 1. The number of hydrogen-bond acceptors (Lipinski definition) is 6. The van der Waals surface area contributed by atoms with E-state index in [-0.39, 0.29) is 24.9 Å². The van der Waals surface area contributed by atoms with Gasteiger partial charge in [-0.25, -0.2) is 4.79 Å². The second kappa shape index (κ2) is 13.6. The van der Waals surface area contributed by atoms with Crippen LogP contribution in [0.1, 0.15) is 52.9 Å². The molecule has 0 heterocycles. The Morgan fingerprint density at radius 2 is 1.85 bits per heavy atom. The largest absolute Gasteiger partial charge is 0.461 e. The van der Waals surface area contributed by atoms with Crippen LogP contribution in [-0.4, -0.2) is 59.3 Å². The third-order valence-electron chi connectivity index (χ3n) is 3.49. The number of unbranched alkanes of at least 4 members (excludes halogenated alkanes) is 1. The molecule has 0 aliphatic carbocycles. The second-order valence-electron chi connectivity index (χ2n) is 6.38. The summed E-state index contributed by atoms with van der Waals surface area (Å²) in [5, 5.41) is 5.16. The molecule has 27 heavy (non-hydrogen) atoms. The number of ketones is 1. The third-order valence-corrected chi connectivity index (χ3v) is 3.49. The molecule has 10 nitrogen and oxygen atoms in total. The van der Waals surface area contributed by atoms with Gasteiger partial charge in [-0.3, -0.25) is 14.4 Å². The van der Waals surface area contributed by atoms with Gasteiger partial charge in [0.25, 0.3) is 0 Å². The van der Waals surface area contributed by atoms with Gasteiger partial charge in [0.05, 0.1) is 12.1 Å². The van der Waals surface area contributed by atoms with Gasteiger partial charge >= 0.3 is 12.2 Å². The van der Waals surface area contributed by atoms with Crippen LogP contribution in [0.15, 0.2) is 0 Å². The molecular weight excluding hydrogens is 354 g/mol. The van der Waals surface area contributed by atoms with Gasteiger partial charge in [-0.05, 0) is 39.5 Å². The molecule has 0 saturated carbocycles. The van der Waals surface area contributed by atoms with Crippen molar-refractivity contribution in [3.05, 3.63) is 5.53 Å². The van der Waals surface area contributed by atoms with Crippen molar-refractivity contribution in [3.63, 3.8) is 0 Å². The van der Waals surface area contributed by atoms with Crippen molar-refractivity contribution in [1.29, 1.82) is 0 Å². The summed E-state index contributed by atoms with van der Waals surface area (Å²) in [6, 6.07) is -1.85. The third kappa shape index (κ3) is 12.4. The van der Waals surface area contributed by atoms with Crippen molar-refractivity contribution in [1.82, 2.24) is 10.6 Å². The molecule has 152 valence electrons.